The van der Waals surface area contributed by atoms with Crippen molar-refractivity contribution in [3.63, 3.8) is 0 Å². The van der Waals surface area contributed by atoms with Gasteiger partial charge in [-0.3, -0.25) is 4.79 Å². The minimum absolute atomic E-state index is 0.231. The highest BCUT2D eigenvalue weighted by atomic mass is 16.6. The van der Waals surface area contributed by atoms with Crippen molar-refractivity contribution >= 4 is 12.0 Å². The lowest BCUT2D eigenvalue weighted by Crippen LogP contribution is -2.24. The third-order valence-electron chi connectivity index (χ3n) is 3.43. The summed E-state index contributed by atoms with van der Waals surface area (Å²) in [4.78, 5) is 12.1. The van der Waals surface area contributed by atoms with Crippen molar-refractivity contribution in [1.29, 1.82) is 0 Å². The number of carbonyl (C=O) groups excluding carboxylic acids is 1. The van der Waals surface area contributed by atoms with Gasteiger partial charge in [0.05, 0.1) is 6.42 Å². The maximum atomic E-state index is 12.1. The number of ether oxygens (including phenoxy) is 2. The van der Waals surface area contributed by atoms with Crippen LogP contribution in [0.4, 0.5) is 0 Å². The molecule has 3 heteroatoms. The first-order chi connectivity index (χ1) is 11.9. The summed E-state index contributed by atoms with van der Waals surface area (Å²) < 4.78 is 11.4. The second-order valence-electron chi connectivity index (χ2n) is 6.91. The molecule has 2 rings (SSSR count). The fourth-order valence-electron chi connectivity index (χ4n) is 2.41. The molecule has 0 spiro atoms. The van der Waals surface area contributed by atoms with Crippen LogP contribution in [0.25, 0.3) is 6.08 Å². The molecule has 0 aliphatic carbocycles. The maximum Gasteiger partial charge on any atom is 0.310 e. The summed E-state index contributed by atoms with van der Waals surface area (Å²) >= 11 is 0. The molecule has 25 heavy (non-hydrogen) atoms. The third-order valence-corrected chi connectivity index (χ3v) is 3.43. The molecule has 0 atom stereocenters. The lowest BCUT2D eigenvalue weighted by Gasteiger charge is -2.19. The highest BCUT2D eigenvalue weighted by molar-refractivity contribution is 5.73. The SMILES string of the molecule is C/C=C\c1ccc(CC(=O)OC(C)(C)C)cc1OCc1ccccc1. The van der Waals surface area contributed by atoms with Crippen molar-refractivity contribution in [3.05, 3.63) is 71.3 Å². The zero-order chi connectivity index (χ0) is 18.3. The van der Waals surface area contributed by atoms with Gasteiger partial charge >= 0.3 is 5.97 Å². The van der Waals surface area contributed by atoms with E-state index in [2.05, 4.69) is 0 Å². The van der Waals surface area contributed by atoms with Crippen LogP contribution in [0.5, 0.6) is 5.75 Å². The van der Waals surface area contributed by atoms with Gasteiger partial charge in [0.1, 0.15) is 18.0 Å². The molecule has 0 aliphatic rings. The van der Waals surface area contributed by atoms with Gasteiger partial charge in [-0.15, -0.1) is 0 Å². The molecular weight excluding hydrogens is 312 g/mol. The van der Waals surface area contributed by atoms with Crippen molar-refractivity contribution in [2.24, 2.45) is 0 Å². The Bertz CT molecular complexity index is 725. The predicted molar refractivity (Wildman–Crippen MR) is 101 cm³/mol. The van der Waals surface area contributed by atoms with Gasteiger partial charge in [-0.2, -0.15) is 0 Å². The van der Waals surface area contributed by atoms with E-state index in [0.717, 1.165) is 22.4 Å². The minimum atomic E-state index is -0.478. The van der Waals surface area contributed by atoms with Gasteiger partial charge in [0.15, 0.2) is 0 Å². The van der Waals surface area contributed by atoms with Crippen molar-refractivity contribution in [2.75, 3.05) is 0 Å². The molecule has 2 aromatic carbocycles. The topological polar surface area (TPSA) is 35.5 Å². The first-order valence-corrected chi connectivity index (χ1v) is 8.51. The lowest BCUT2D eigenvalue weighted by molar-refractivity contribution is -0.153. The molecule has 0 saturated carbocycles. The Morgan fingerprint density at radius 3 is 2.40 bits per heavy atom. The Morgan fingerprint density at radius 1 is 1.04 bits per heavy atom. The normalized spacial score (nSPS) is 11.5. The maximum absolute atomic E-state index is 12.1. The van der Waals surface area contributed by atoms with E-state index in [4.69, 9.17) is 9.47 Å². The molecule has 0 amide bonds. The Labute approximate surface area is 150 Å². The van der Waals surface area contributed by atoms with Gasteiger partial charge in [0.25, 0.3) is 0 Å². The van der Waals surface area contributed by atoms with Gasteiger partial charge in [-0.05, 0) is 44.9 Å². The Balaban J connectivity index is 2.14. The number of hydrogen-bond acceptors (Lipinski definition) is 3. The largest absolute Gasteiger partial charge is 0.488 e. The standard InChI is InChI=1S/C22H26O3/c1-5-9-19-13-12-18(15-21(23)25-22(2,3)4)14-20(19)24-16-17-10-7-6-8-11-17/h5-14H,15-16H2,1-4H3/b9-5-. The molecule has 3 nitrogen and oxygen atoms in total. The van der Waals surface area contributed by atoms with Crippen LogP contribution in [-0.4, -0.2) is 11.6 Å². The van der Waals surface area contributed by atoms with Crippen molar-refractivity contribution in [3.8, 4) is 5.75 Å². The molecule has 0 radical (unpaired) electrons. The second-order valence-corrected chi connectivity index (χ2v) is 6.91. The molecule has 0 aliphatic heterocycles. The summed E-state index contributed by atoms with van der Waals surface area (Å²) in [6.45, 7) is 8.06. The van der Waals surface area contributed by atoms with Crippen molar-refractivity contribution in [1.82, 2.24) is 0 Å². The van der Waals surface area contributed by atoms with E-state index >= 15 is 0 Å². The van der Waals surface area contributed by atoms with Crippen LogP contribution >= 0.6 is 0 Å². The number of benzene rings is 2. The van der Waals surface area contributed by atoms with Crippen LogP contribution in [0.15, 0.2) is 54.6 Å². The van der Waals surface area contributed by atoms with Crippen LogP contribution in [0.2, 0.25) is 0 Å². The molecule has 0 fully saturated rings. The van der Waals surface area contributed by atoms with E-state index in [9.17, 15) is 4.79 Å². The van der Waals surface area contributed by atoms with Gasteiger partial charge < -0.3 is 9.47 Å². The number of hydrogen-bond donors (Lipinski definition) is 0. The fourth-order valence-corrected chi connectivity index (χ4v) is 2.41. The van der Waals surface area contributed by atoms with E-state index in [0.29, 0.717) is 6.61 Å². The van der Waals surface area contributed by atoms with E-state index in [1.807, 2.05) is 88.4 Å². The molecule has 0 bridgehead atoms. The van der Waals surface area contributed by atoms with E-state index in [1.165, 1.54) is 0 Å². The monoisotopic (exact) mass is 338 g/mol. The molecule has 0 N–H and O–H groups in total. The summed E-state index contributed by atoms with van der Waals surface area (Å²) in [5.74, 6) is 0.531. The number of carbonyl (C=O) groups is 1. The van der Waals surface area contributed by atoms with E-state index in [-0.39, 0.29) is 12.4 Å². The van der Waals surface area contributed by atoms with Crippen LogP contribution in [-0.2, 0) is 22.6 Å². The van der Waals surface area contributed by atoms with Crippen LogP contribution in [0.3, 0.4) is 0 Å². The molecule has 0 heterocycles. The van der Waals surface area contributed by atoms with Crippen molar-refractivity contribution < 1.29 is 14.3 Å². The zero-order valence-corrected chi connectivity index (χ0v) is 15.4. The second kappa shape index (κ2) is 8.52. The quantitative estimate of drug-likeness (QED) is 0.681. The van der Waals surface area contributed by atoms with Gasteiger partial charge in [0, 0.05) is 5.56 Å². The summed E-state index contributed by atoms with van der Waals surface area (Å²) in [6, 6.07) is 15.8. The number of allylic oxidation sites excluding steroid dienone is 1. The van der Waals surface area contributed by atoms with Crippen molar-refractivity contribution in [2.45, 2.75) is 46.3 Å². The predicted octanol–water partition coefficient (Wildman–Crippen LogP) is 5.18. The minimum Gasteiger partial charge on any atom is -0.488 e. The Morgan fingerprint density at radius 2 is 1.76 bits per heavy atom. The van der Waals surface area contributed by atoms with Crippen LogP contribution in [0.1, 0.15) is 44.4 Å². The summed E-state index contributed by atoms with van der Waals surface area (Å²) in [5.41, 5.74) is 2.50. The number of esters is 1. The lowest BCUT2D eigenvalue weighted by atomic mass is 10.1. The molecule has 0 saturated heterocycles. The Kier molecular flexibility index (Phi) is 6.40. The van der Waals surface area contributed by atoms with Gasteiger partial charge in [-0.25, -0.2) is 0 Å². The highest BCUT2D eigenvalue weighted by Gasteiger charge is 2.17. The van der Waals surface area contributed by atoms with Crippen LogP contribution in [0, 0.1) is 0 Å². The Hall–Kier alpha value is -2.55. The average molecular weight is 338 g/mol. The zero-order valence-electron chi connectivity index (χ0n) is 15.4. The number of rotatable bonds is 6. The van der Waals surface area contributed by atoms with E-state index in [1.54, 1.807) is 0 Å². The first-order valence-electron chi connectivity index (χ1n) is 8.51. The fraction of sp³-hybridized carbons (Fsp3) is 0.318. The molecule has 2 aromatic rings. The average Bonchev–Trinajstić information content (AvgIpc) is 2.54. The summed E-state index contributed by atoms with van der Waals surface area (Å²) in [5, 5.41) is 0. The van der Waals surface area contributed by atoms with Gasteiger partial charge in [-0.1, -0.05) is 54.6 Å². The van der Waals surface area contributed by atoms with Crippen LogP contribution < -0.4 is 4.74 Å². The summed E-state index contributed by atoms with van der Waals surface area (Å²) in [6.07, 6.45) is 4.20. The third kappa shape index (κ3) is 6.46. The van der Waals surface area contributed by atoms with E-state index < -0.39 is 5.60 Å². The molecule has 0 unspecified atom stereocenters. The molecule has 132 valence electrons. The first kappa shape index (κ1) is 18.8. The molecule has 0 aromatic heterocycles. The van der Waals surface area contributed by atoms with Gasteiger partial charge in [0.2, 0.25) is 0 Å². The highest BCUT2D eigenvalue weighted by Crippen LogP contribution is 2.24. The smallest absolute Gasteiger partial charge is 0.310 e. The summed E-state index contributed by atoms with van der Waals surface area (Å²) in [7, 11) is 0. The molecular formula is C22H26O3.